The number of halogens is 1. The van der Waals surface area contributed by atoms with E-state index in [0.717, 1.165) is 22.4 Å². The number of hydrogen-bond acceptors (Lipinski definition) is 6. The lowest BCUT2D eigenvalue weighted by atomic mass is 9.95. The molecule has 9 heteroatoms. The van der Waals surface area contributed by atoms with Gasteiger partial charge in [0.2, 0.25) is 5.82 Å². The number of rotatable bonds is 7. The molecule has 1 atom stereocenters. The average molecular weight is 487 g/mol. The van der Waals surface area contributed by atoms with Crippen LogP contribution in [0.15, 0.2) is 63.6 Å². The summed E-state index contributed by atoms with van der Waals surface area (Å²) in [6, 6.07) is 15.5. The van der Waals surface area contributed by atoms with Crippen LogP contribution in [0, 0.1) is 0 Å². The maximum absolute atomic E-state index is 6.28. The monoisotopic (exact) mass is 486 g/mol. The fourth-order valence-electron chi connectivity index (χ4n) is 3.64. The number of ether oxygens (including phenoxy) is 1. The van der Waals surface area contributed by atoms with Gasteiger partial charge in [0.15, 0.2) is 5.11 Å². The predicted molar refractivity (Wildman–Crippen MR) is 133 cm³/mol. The van der Waals surface area contributed by atoms with Crippen molar-refractivity contribution in [2.75, 3.05) is 26.5 Å². The largest absolute Gasteiger partial charge is 0.383 e. The first kappa shape index (κ1) is 22.8. The van der Waals surface area contributed by atoms with Crippen molar-refractivity contribution in [2.45, 2.75) is 17.9 Å². The van der Waals surface area contributed by atoms with Gasteiger partial charge in [-0.3, -0.25) is 0 Å². The van der Waals surface area contributed by atoms with Crippen molar-refractivity contribution in [3.63, 3.8) is 0 Å². The second-order valence-corrected chi connectivity index (χ2v) is 8.94. The number of methoxy groups -OCH3 is 1. The van der Waals surface area contributed by atoms with Gasteiger partial charge in [-0.25, -0.2) is 0 Å². The van der Waals surface area contributed by atoms with E-state index in [4.69, 9.17) is 38.1 Å². The molecule has 32 heavy (non-hydrogen) atoms. The lowest BCUT2D eigenvalue weighted by Crippen LogP contribution is -2.47. The molecule has 3 aromatic rings. The van der Waals surface area contributed by atoms with E-state index >= 15 is 0 Å². The van der Waals surface area contributed by atoms with Crippen molar-refractivity contribution in [1.29, 1.82) is 0 Å². The van der Waals surface area contributed by atoms with E-state index in [2.05, 4.69) is 10.5 Å². The average Bonchev–Trinajstić information content (AvgIpc) is 3.28. The molecule has 1 aliphatic heterocycles. The maximum atomic E-state index is 6.28. The molecule has 0 amide bonds. The zero-order valence-corrected chi connectivity index (χ0v) is 20.4. The van der Waals surface area contributed by atoms with Crippen LogP contribution >= 0.6 is 35.6 Å². The predicted octanol–water partition coefficient (Wildman–Crippen LogP) is 5.42. The second-order valence-electron chi connectivity index (χ2n) is 7.23. The van der Waals surface area contributed by atoms with E-state index in [0.29, 0.717) is 35.0 Å². The van der Waals surface area contributed by atoms with Gasteiger partial charge >= 0.3 is 0 Å². The highest BCUT2D eigenvalue weighted by Crippen LogP contribution is 2.38. The molecule has 2 heterocycles. The Labute approximate surface area is 202 Å². The Morgan fingerprint density at radius 1 is 1.25 bits per heavy atom. The summed E-state index contributed by atoms with van der Waals surface area (Å²) in [5.74, 6) is 0.975. The quantitative estimate of drug-likeness (QED) is 0.351. The molecule has 0 radical (unpaired) electrons. The van der Waals surface area contributed by atoms with Gasteiger partial charge in [-0.1, -0.05) is 28.9 Å². The molecule has 6 nitrogen and oxygen atoms in total. The molecule has 1 aromatic heterocycles. The zero-order chi connectivity index (χ0) is 22.7. The molecule has 0 bridgehead atoms. The van der Waals surface area contributed by atoms with Crippen LogP contribution in [0.4, 0.5) is 0 Å². The zero-order valence-electron chi connectivity index (χ0n) is 18.0. The van der Waals surface area contributed by atoms with Gasteiger partial charge in [-0.05, 0) is 67.4 Å². The SMILES string of the molecule is COCCN1C(=S)NC(c2cccc(Cl)c2)C(c2nc(-c3ccc(SC)cc3)no2)=C1C. The molecule has 4 rings (SSSR count). The first-order valence-electron chi connectivity index (χ1n) is 10.0. The number of thioether (sulfide) groups is 1. The summed E-state index contributed by atoms with van der Waals surface area (Å²) in [6.07, 6.45) is 2.04. The highest BCUT2D eigenvalue weighted by atomic mass is 35.5. The number of nitrogens with one attached hydrogen (secondary N) is 1. The smallest absolute Gasteiger partial charge is 0.258 e. The topological polar surface area (TPSA) is 63.4 Å². The second kappa shape index (κ2) is 10.0. The molecule has 0 saturated carbocycles. The number of thiocarbonyl (C=S) groups is 1. The summed E-state index contributed by atoms with van der Waals surface area (Å²) in [6.45, 7) is 3.15. The molecule has 1 aliphatic rings. The number of nitrogens with zero attached hydrogens (tertiary/aromatic N) is 3. The van der Waals surface area contributed by atoms with Gasteiger partial charge < -0.3 is 19.5 Å². The molecule has 1 N–H and O–H groups in total. The number of allylic oxidation sites excluding steroid dienone is 1. The summed E-state index contributed by atoms with van der Waals surface area (Å²) >= 11 is 13.6. The lowest BCUT2D eigenvalue weighted by molar-refractivity contribution is 0.183. The minimum absolute atomic E-state index is 0.271. The van der Waals surface area contributed by atoms with Crippen LogP contribution in [0.1, 0.15) is 24.4 Å². The van der Waals surface area contributed by atoms with Crippen LogP contribution < -0.4 is 5.32 Å². The van der Waals surface area contributed by atoms with Crippen LogP contribution in [-0.4, -0.2) is 46.7 Å². The van der Waals surface area contributed by atoms with Crippen molar-refractivity contribution in [3.05, 3.63) is 70.7 Å². The van der Waals surface area contributed by atoms with Crippen molar-refractivity contribution < 1.29 is 9.26 Å². The Hall–Kier alpha value is -2.39. The first-order valence-corrected chi connectivity index (χ1v) is 12.0. The Kier molecular flexibility index (Phi) is 7.15. The van der Waals surface area contributed by atoms with Gasteiger partial charge in [0.1, 0.15) is 0 Å². The third-order valence-electron chi connectivity index (χ3n) is 5.30. The van der Waals surface area contributed by atoms with E-state index in [1.165, 1.54) is 4.90 Å². The fraction of sp³-hybridized carbons (Fsp3) is 0.261. The van der Waals surface area contributed by atoms with E-state index in [1.807, 2.05) is 66.6 Å². The van der Waals surface area contributed by atoms with Crippen LogP contribution in [-0.2, 0) is 4.74 Å². The molecule has 0 aliphatic carbocycles. The van der Waals surface area contributed by atoms with E-state index in [-0.39, 0.29) is 6.04 Å². The van der Waals surface area contributed by atoms with Crippen LogP contribution in [0.5, 0.6) is 0 Å². The highest BCUT2D eigenvalue weighted by Gasteiger charge is 2.34. The van der Waals surface area contributed by atoms with Crippen molar-refractivity contribution in [2.24, 2.45) is 0 Å². The Morgan fingerprint density at radius 3 is 2.72 bits per heavy atom. The summed E-state index contributed by atoms with van der Waals surface area (Å²) in [5, 5.41) is 8.92. The van der Waals surface area contributed by atoms with Crippen LogP contribution in [0.2, 0.25) is 5.02 Å². The standard InChI is InChI=1S/C23H23ClN4O2S2/c1-14-19(22-26-21(27-30-22)15-7-9-18(32-3)10-8-15)20(16-5-4-6-17(24)13-16)25-23(31)28(14)11-12-29-2/h4-10,13,20H,11-12H2,1-3H3,(H,25,31). The molecule has 0 saturated heterocycles. The van der Waals surface area contributed by atoms with Gasteiger partial charge in [0.25, 0.3) is 5.89 Å². The highest BCUT2D eigenvalue weighted by molar-refractivity contribution is 7.98. The van der Waals surface area contributed by atoms with Crippen molar-refractivity contribution >= 4 is 46.3 Å². The number of benzene rings is 2. The number of hydrogen-bond donors (Lipinski definition) is 1. The summed E-state index contributed by atoms with van der Waals surface area (Å²) < 4.78 is 11.0. The van der Waals surface area contributed by atoms with Crippen LogP contribution in [0.25, 0.3) is 17.0 Å². The normalized spacial score (nSPS) is 16.4. The Balaban J connectivity index is 1.78. The van der Waals surface area contributed by atoms with Gasteiger partial charge in [-0.15, -0.1) is 11.8 Å². The Morgan fingerprint density at radius 2 is 2.03 bits per heavy atom. The molecule has 1 unspecified atom stereocenters. The van der Waals surface area contributed by atoms with E-state index in [9.17, 15) is 0 Å². The Bertz CT molecular complexity index is 1150. The number of aromatic nitrogens is 2. The molecule has 0 spiro atoms. The van der Waals surface area contributed by atoms with E-state index < -0.39 is 0 Å². The maximum Gasteiger partial charge on any atom is 0.258 e. The first-order chi connectivity index (χ1) is 15.5. The third kappa shape index (κ3) is 4.68. The van der Waals surface area contributed by atoms with Crippen LogP contribution in [0.3, 0.4) is 0 Å². The molecular weight excluding hydrogens is 464 g/mol. The fourth-order valence-corrected chi connectivity index (χ4v) is 4.59. The van der Waals surface area contributed by atoms with Crippen molar-refractivity contribution in [1.82, 2.24) is 20.4 Å². The molecule has 2 aromatic carbocycles. The van der Waals surface area contributed by atoms with Crippen molar-refractivity contribution in [3.8, 4) is 11.4 Å². The molecule has 0 fully saturated rings. The van der Waals surface area contributed by atoms with Gasteiger partial charge in [-0.2, -0.15) is 4.98 Å². The molecular formula is C23H23ClN4O2S2. The summed E-state index contributed by atoms with van der Waals surface area (Å²) in [4.78, 5) is 7.90. The third-order valence-corrected chi connectivity index (χ3v) is 6.62. The summed E-state index contributed by atoms with van der Waals surface area (Å²) in [5.41, 5.74) is 3.65. The van der Waals surface area contributed by atoms with E-state index in [1.54, 1.807) is 18.9 Å². The molecule has 166 valence electrons. The minimum Gasteiger partial charge on any atom is -0.383 e. The lowest BCUT2D eigenvalue weighted by Gasteiger charge is -2.37. The summed E-state index contributed by atoms with van der Waals surface area (Å²) in [7, 11) is 1.67. The van der Waals surface area contributed by atoms with Gasteiger partial charge in [0, 0.05) is 34.8 Å². The van der Waals surface area contributed by atoms with Gasteiger partial charge in [0.05, 0.1) is 18.2 Å². The minimum atomic E-state index is -0.271.